The lowest BCUT2D eigenvalue weighted by Crippen LogP contribution is -2.47. The molecule has 0 aliphatic carbocycles. The van der Waals surface area contributed by atoms with Crippen molar-refractivity contribution >= 4 is 41.1 Å². The maximum atomic E-state index is 13.0. The summed E-state index contributed by atoms with van der Waals surface area (Å²) in [6.07, 6.45) is 2.84. The van der Waals surface area contributed by atoms with Gasteiger partial charge in [-0.3, -0.25) is 14.7 Å². The van der Waals surface area contributed by atoms with E-state index in [9.17, 15) is 9.59 Å². The van der Waals surface area contributed by atoms with Crippen LogP contribution in [0.2, 0.25) is 5.02 Å². The molecular formula is C20H22ClN3O3S. The van der Waals surface area contributed by atoms with E-state index in [0.29, 0.717) is 16.5 Å². The third-order valence-electron chi connectivity index (χ3n) is 3.97. The quantitative estimate of drug-likeness (QED) is 0.778. The Bertz CT molecular complexity index is 857. The smallest absolute Gasteiger partial charge is 0.412 e. The highest BCUT2D eigenvalue weighted by Gasteiger charge is 2.44. The summed E-state index contributed by atoms with van der Waals surface area (Å²) >= 11 is 7.50. The van der Waals surface area contributed by atoms with Gasteiger partial charge in [-0.15, -0.1) is 11.8 Å². The number of carbonyl (C=O) groups excluding carboxylic acids is 2. The van der Waals surface area contributed by atoms with Crippen LogP contribution in [0, 0.1) is 0 Å². The van der Waals surface area contributed by atoms with Gasteiger partial charge in [0.05, 0.1) is 0 Å². The number of nitrogens with zero attached hydrogens (tertiary/aromatic N) is 2. The van der Waals surface area contributed by atoms with Gasteiger partial charge in [-0.25, -0.2) is 4.79 Å². The van der Waals surface area contributed by atoms with E-state index in [1.54, 1.807) is 57.4 Å². The van der Waals surface area contributed by atoms with Crippen molar-refractivity contribution < 1.29 is 14.3 Å². The molecule has 2 amide bonds. The molecule has 1 fully saturated rings. The number of pyridine rings is 1. The highest BCUT2D eigenvalue weighted by molar-refractivity contribution is 7.99. The Morgan fingerprint density at radius 1 is 1.29 bits per heavy atom. The van der Waals surface area contributed by atoms with Crippen molar-refractivity contribution in [2.24, 2.45) is 0 Å². The van der Waals surface area contributed by atoms with Crippen LogP contribution in [-0.2, 0) is 9.53 Å². The van der Waals surface area contributed by atoms with Crippen LogP contribution >= 0.6 is 23.4 Å². The average molecular weight is 420 g/mol. The molecule has 1 aliphatic heterocycles. The second kappa shape index (κ2) is 8.41. The summed E-state index contributed by atoms with van der Waals surface area (Å²) in [5, 5.41) is 3.02. The summed E-state index contributed by atoms with van der Waals surface area (Å²) in [7, 11) is 0. The summed E-state index contributed by atoms with van der Waals surface area (Å²) in [6.45, 7) is 5.40. The highest BCUT2D eigenvalue weighted by atomic mass is 35.5. The lowest BCUT2D eigenvalue weighted by molar-refractivity contribution is -0.120. The average Bonchev–Trinajstić information content (AvgIpc) is 3.06. The van der Waals surface area contributed by atoms with Gasteiger partial charge in [0.15, 0.2) is 0 Å². The Morgan fingerprint density at radius 2 is 2.07 bits per heavy atom. The Hall–Kier alpha value is -2.25. The Kier molecular flexibility index (Phi) is 6.15. The zero-order chi connectivity index (χ0) is 20.3. The maximum Gasteiger partial charge on any atom is 0.412 e. The lowest BCUT2D eigenvalue weighted by atomic mass is 10.2. The van der Waals surface area contributed by atoms with Crippen molar-refractivity contribution in [2.75, 3.05) is 11.1 Å². The van der Waals surface area contributed by atoms with Gasteiger partial charge in [0.25, 0.3) is 0 Å². The van der Waals surface area contributed by atoms with E-state index >= 15 is 0 Å². The molecule has 0 radical (unpaired) electrons. The first-order valence-electron chi connectivity index (χ1n) is 8.84. The van der Waals surface area contributed by atoms with E-state index in [1.807, 2.05) is 12.1 Å². The topological polar surface area (TPSA) is 71.5 Å². The molecule has 1 aromatic heterocycles. The van der Waals surface area contributed by atoms with Crippen molar-refractivity contribution in [3.63, 3.8) is 0 Å². The van der Waals surface area contributed by atoms with Gasteiger partial charge in [0.2, 0.25) is 5.91 Å². The molecule has 2 aromatic rings. The van der Waals surface area contributed by atoms with Crippen LogP contribution < -0.4 is 5.32 Å². The van der Waals surface area contributed by atoms with Gasteiger partial charge in [0.1, 0.15) is 17.0 Å². The molecular weight excluding hydrogens is 398 g/mol. The third kappa shape index (κ3) is 4.97. The van der Waals surface area contributed by atoms with Crippen molar-refractivity contribution in [3.05, 3.63) is 59.4 Å². The molecule has 2 heterocycles. The largest absolute Gasteiger partial charge is 0.444 e. The first kappa shape index (κ1) is 20.5. The standard InChI is InChI=1S/C20H22ClN3O3S/c1-20(2,3)27-19(26)24-16(12-28-18(24)13-6-5-9-22-11-13)17(25)23-15-8-4-7-14(21)10-15/h4-11,16,18H,12H2,1-3H3,(H,23,25)/t16-,18?/m0/s1. The minimum atomic E-state index is -0.677. The minimum absolute atomic E-state index is 0.285. The SMILES string of the molecule is CC(C)(C)OC(=O)N1C(c2cccnc2)SC[C@H]1C(=O)Nc1cccc(Cl)c1. The predicted molar refractivity (Wildman–Crippen MR) is 111 cm³/mol. The van der Waals surface area contributed by atoms with E-state index < -0.39 is 17.7 Å². The molecule has 1 aromatic carbocycles. The molecule has 2 atom stereocenters. The highest BCUT2D eigenvalue weighted by Crippen LogP contribution is 2.42. The lowest BCUT2D eigenvalue weighted by Gasteiger charge is -2.31. The summed E-state index contributed by atoms with van der Waals surface area (Å²) < 4.78 is 5.58. The van der Waals surface area contributed by atoms with E-state index in [-0.39, 0.29) is 11.3 Å². The van der Waals surface area contributed by atoms with Crippen molar-refractivity contribution in [1.29, 1.82) is 0 Å². The second-order valence-electron chi connectivity index (χ2n) is 7.38. The Balaban J connectivity index is 1.86. The van der Waals surface area contributed by atoms with Crippen LogP contribution in [0.15, 0.2) is 48.8 Å². The van der Waals surface area contributed by atoms with Gasteiger partial charge in [0, 0.05) is 34.4 Å². The molecule has 0 spiro atoms. The van der Waals surface area contributed by atoms with Crippen molar-refractivity contribution in [2.45, 2.75) is 37.8 Å². The second-order valence-corrected chi connectivity index (χ2v) is 8.92. The molecule has 6 nitrogen and oxygen atoms in total. The monoisotopic (exact) mass is 419 g/mol. The van der Waals surface area contributed by atoms with Gasteiger partial charge in [-0.1, -0.05) is 23.7 Å². The number of benzene rings is 1. The fourth-order valence-corrected chi connectivity index (χ4v) is 4.41. The number of rotatable bonds is 3. The first-order valence-corrected chi connectivity index (χ1v) is 10.3. The van der Waals surface area contributed by atoms with Gasteiger partial charge in [-0.2, -0.15) is 0 Å². The molecule has 28 heavy (non-hydrogen) atoms. The molecule has 0 saturated carbocycles. The van der Waals surface area contributed by atoms with Gasteiger partial charge in [-0.05, 0) is 45.0 Å². The van der Waals surface area contributed by atoms with Crippen LogP contribution in [0.4, 0.5) is 10.5 Å². The molecule has 1 aliphatic rings. The number of nitrogens with one attached hydrogen (secondary N) is 1. The summed E-state index contributed by atoms with van der Waals surface area (Å²) in [6, 6.07) is 9.92. The fourth-order valence-electron chi connectivity index (χ4n) is 2.82. The number of amides is 2. The van der Waals surface area contributed by atoms with Crippen LogP contribution in [-0.4, -0.2) is 39.3 Å². The van der Waals surface area contributed by atoms with E-state index in [1.165, 1.54) is 16.7 Å². The van der Waals surface area contributed by atoms with E-state index in [2.05, 4.69) is 10.3 Å². The zero-order valence-electron chi connectivity index (χ0n) is 15.9. The molecule has 148 valence electrons. The number of ether oxygens (including phenoxy) is 1. The van der Waals surface area contributed by atoms with Crippen molar-refractivity contribution in [3.8, 4) is 0 Å². The van der Waals surface area contributed by atoms with Crippen LogP contribution in [0.5, 0.6) is 0 Å². The molecule has 0 bridgehead atoms. The van der Waals surface area contributed by atoms with E-state index in [0.717, 1.165) is 5.56 Å². The first-order chi connectivity index (χ1) is 13.2. The molecule has 1 saturated heterocycles. The van der Waals surface area contributed by atoms with Crippen LogP contribution in [0.1, 0.15) is 31.7 Å². The van der Waals surface area contributed by atoms with Gasteiger partial charge < -0.3 is 10.1 Å². The number of halogens is 1. The maximum absolute atomic E-state index is 13.0. The molecule has 8 heteroatoms. The fraction of sp³-hybridized carbons (Fsp3) is 0.350. The zero-order valence-corrected chi connectivity index (χ0v) is 17.5. The Labute approximate surface area is 173 Å². The summed E-state index contributed by atoms with van der Waals surface area (Å²) in [5.74, 6) is 0.164. The molecule has 1 unspecified atom stereocenters. The van der Waals surface area contributed by atoms with Crippen molar-refractivity contribution in [1.82, 2.24) is 9.88 Å². The normalized spacial score (nSPS) is 19.4. The summed E-state index contributed by atoms with van der Waals surface area (Å²) in [4.78, 5) is 31.5. The molecule has 3 rings (SSSR count). The predicted octanol–water partition coefficient (Wildman–Crippen LogP) is 4.72. The third-order valence-corrected chi connectivity index (χ3v) is 5.53. The van der Waals surface area contributed by atoms with E-state index in [4.69, 9.17) is 16.3 Å². The Morgan fingerprint density at radius 3 is 2.71 bits per heavy atom. The van der Waals surface area contributed by atoms with Gasteiger partial charge >= 0.3 is 6.09 Å². The number of hydrogen-bond donors (Lipinski definition) is 1. The minimum Gasteiger partial charge on any atom is -0.444 e. The summed E-state index contributed by atoms with van der Waals surface area (Å²) in [5.41, 5.74) is 0.755. The van der Waals surface area contributed by atoms with Crippen LogP contribution in [0.3, 0.4) is 0 Å². The number of anilines is 1. The number of aromatic nitrogens is 1. The number of carbonyl (C=O) groups is 2. The number of hydrogen-bond acceptors (Lipinski definition) is 5. The van der Waals surface area contributed by atoms with Crippen LogP contribution in [0.25, 0.3) is 0 Å². The molecule has 1 N–H and O–H groups in total. The number of thioether (sulfide) groups is 1.